The van der Waals surface area contributed by atoms with Crippen LogP contribution in [-0.4, -0.2) is 27.7 Å². The molecule has 0 saturated heterocycles. The highest BCUT2D eigenvalue weighted by Crippen LogP contribution is 2.38. The van der Waals surface area contributed by atoms with Crippen LogP contribution in [0.2, 0.25) is 0 Å². The molecule has 0 saturated carbocycles. The summed E-state index contributed by atoms with van der Waals surface area (Å²) in [6, 6.07) is 3.29. The Balaban J connectivity index is 0.00000161. The molecular weight excluding hydrogens is 298 g/mol. The number of fused-ring (bicyclic) bond motifs is 1. The van der Waals surface area contributed by atoms with E-state index in [-0.39, 0.29) is 31.5 Å². The number of aromatic nitrogens is 3. The Hall–Kier alpha value is -2.48. The van der Waals surface area contributed by atoms with Crippen LogP contribution in [0, 0.1) is 0 Å². The topological polar surface area (TPSA) is 104 Å². The number of anilines is 2. The zero-order valence-electron chi connectivity index (χ0n) is 11.0. The first kappa shape index (κ1) is 14.9. The average molecular weight is 312 g/mol. The molecule has 1 aliphatic heterocycles. The number of carbonyl (C=O) groups is 1. The van der Waals surface area contributed by atoms with Crippen LogP contribution in [0.3, 0.4) is 0 Å². The number of aryl methyl sites for hydroxylation is 1. The van der Waals surface area contributed by atoms with Gasteiger partial charge >= 0.3 is 0 Å². The first-order valence-electron chi connectivity index (χ1n) is 6.05. The SMILES string of the molecule is Cl.Nc1cc2c(cc1NC(=O)CCn1ccnn1)OCO2. The van der Waals surface area contributed by atoms with Crippen LogP contribution in [0.4, 0.5) is 11.4 Å². The Bertz CT molecular complexity index is 632. The number of amides is 1. The first-order valence-corrected chi connectivity index (χ1v) is 6.05. The summed E-state index contributed by atoms with van der Waals surface area (Å²) in [5.74, 6) is 1.000. The van der Waals surface area contributed by atoms with Crippen LogP contribution < -0.4 is 20.5 Å². The molecule has 0 fully saturated rings. The number of nitrogens with one attached hydrogen (secondary N) is 1. The number of nitrogens with two attached hydrogens (primary N) is 1. The van der Waals surface area contributed by atoms with Gasteiger partial charge in [0.25, 0.3) is 0 Å². The van der Waals surface area contributed by atoms with Gasteiger partial charge < -0.3 is 20.5 Å². The summed E-state index contributed by atoms with van der Waals surface area (Å²) in [4.78, 5) is 11.9. The Morgan fingerprint density at radius 2 is 2.14 bits per heavy atom. The first-order chi connectivity index (χ1) is 9.72. The molecule has 0 atom stereocenters. The molecule has 1 amide bonds. The maximum absolute atomic E-state index is 11.9. The van der Waals surface area contributed by atoms with Crippen LogP contribution in [0.1, 0.15) is 6.42 Å². The van der Waals surface area contributed by atoms with Crippen molar-refractivity contribution in [1.82, 2.24) is 15.0 Å². The van der Waals surface area contributed by atoms with Crippen LogP contribution in [0.15, 0.2) is 24.5 Å². The minimum atomic E-state index is -0.161. The van der Waals surface area contributed by atoms with E-state index in [9.17, 15) is 4.79 Å². The van der Waals surface area contributed by atoms with Gasteiger partial charge in [-0.25, -0.2) is 0 Å². The smallest absolute Gasteiger partial charge is 0.231 e. The highest BCUT2D eigenvalue weighted by molar-refractivity contribution is 5.94. The van der Waals surface area contributed by atoms with E-state index < -0.39 is 0 Å². The number of rotatable bonds is 4. The third-order valence-electron chi connectivity index (χ3n) is 2.86. The molecule has 0 radical (unpaired) electrons. The Morgan fingerprint density at radius 3 is 2.86 bits per heavy atom. The van der Waals surface area contributed by atoms with Gasteiger partial charge in [0.1, 0.15) is 0 Å². The van der Waals surface area contributed by atoms with Crippen molar-refractivity contribution in [3.63, 3.8) is 0 Å². The standard InChI is InChI=1S/C12H13N5O3.ClH/c13-8-5-10-11(20-7-19-10)6-9(8)15-12(18)1-3-17-4-2-14-16-17;/h2,4-6H,1,3,7,13H2,(H,15,18);1H. The highest BCUT2D eigenvalue weighted by atomic mass is 35.5. The summed E-state index contributed by atoms with van der Waals surface area (Å²) in [6.07, 6.45) is 3.53. The monoisotopic (exact) mass is 311 g/mol. The molecule has 9 heteroatoms. The quantitative estimate of drug-likeness (QED) is 0.818. The Labute approximate surface area is 126 Å². The predicted molar refractivity (Wildman–Crippen MR) is 77.5 cm³/mol. The lowest BCUT2D eigenvalue weighted by Crippen LogP contribution is -2.15. The van der Waals surface area contributed by atoms with E-state index in [2.05, 4.69) is 15.6 Å². The van der Waals surface area contributed by atoms with Gasteiger partial charge in [-0.3, -0.25) is 9.48 Å². The summed E-state index contributed by atoms with van der Waals surface area (Å²) in [6.45, 7) is 0.620. The van der Waals surface area contributed by atoms with Crippen molar-refractivity contribution in [3.05, 3.63) is 24.5 Å². The summed E-state index contributed by atoms with van der Waals surface area (Å²) < 4.78 is 12.0. The molecule has 2 heterocycles. The largest absolute Gasteiger partial charge is 0.454 e. The lowest BCUT2D eigenvalue weighted by atomic mass is 10.2. The number of nitrogen functional groups attached to an aromatic ring is 1. The van der Waals surface area contributed by atoms with Gasteiger partial charge in [-0.15, -0.1) is 17.5 Å². The fourth-order valence-electron chi connectivity index (χ4n) is 1.85. The minimum Gasteiger partial charge on any atom is -0.454 e. The molecule has 1 aromatic heterocycles. The van der Waals surface area contributed by atoms with E-state index in [1.807, 2.05) is 0 Å². The molecule has 1 aliphatic rings. The molecule has 0 spiro atoms. The number of halogens is 1. The number of ether oxygens (including phenoxy) is 2. The zero-order valence-corrected chi connectivity index (χ0v) is 11.8. The summed E-state index contributed by atoms with van der Waals surface area (Å²) in [5, 5.41) is 10.2. The van der Waals surface area contributed by atoms with Crippen molar-refractivity contribution in [2.24, 2.45) is 0 Å². The molecule has 1 aromatic carbocycles. The van der Waals surface area contributed by atoms with E-state index >= 15 is 0 Å². The average Bonchev–Trinajstić information content (AvgIpc) is 3.07. The van der Waals surface area contributed by atoms with Gasteiger partial charge in [-0.1, -0.05) is 5.21 Å². The van der Waals surface area contributed by atoms with Gasteiger partial charge in [0.2, 0.25) is 12.7 Å². The van der Waals surface area contributed by atoms with Crippen LogP contribution in [0.25, 0.3) is 0 Å². The number of hydrogen-bond acceptors (Lipinski definition) is 6. The second kappa shape index (κ2) is 6.31. The maximum Gasteiger partial charge on any atom is 0.231 e. The van der Waals surface area contributed by atoms with Crippen molar-refractivity contribution in [1.29, 1.82) is 0 Å². The third-order valence-corrected chi connectivity index (χ3v) is 2.86. The Kier molecular flexibility index (Phi) is 4.49. The fourth-order valence-corrected chi connectivity index (χ4v) is 1.85. The fraction of sp³-hybridized carbons (Fsp3) is 0.250. The molecule has 112 valence electrons. The lowest BCUT2D eigenvalue weighted by Gasteiger charge is -2.09. The molecule has 2 aromatic rings. The van der Waals surface area contributed by atoms with E-state index in [0.29, 0.717) is 29.4 Å². The van der Waals surface area contributed by atoms with Crippen molar-refractivity contribution < 1.29 is 14.3 Å². The third kappa shape index (κ3) is 3.34. The van der Waals surface area contributed by atoms with Gasteiger partial charge in [-0.2, -0.15) is 0 Å². The Morgan fingerprint density at radius 1 is 1.38 bits per heavy atom. The number of hydrogen-bond donors (Lipinski definition) is 2. The van der Waals surface area contributed by atoms with E-state index in [4.69, 9.17) is 15.2 Å². The molecule has 21 heavy (non-hydrogen) atoms. The second-order valence-corrected chi connectivity index (χ2v) is 4.26. The van der Waals surface area contributed by atoms with Crippen molar-refractivity contribution in [2.45, 2.75) is 13.0 Å². The molecule has 0 aliphatic carbocycles. The highest BCUT2D eigenvalue weighted by Gasteiger charge is 2.17. The number of benzene rings is 1. The molecule has 3 rings (SSSR count). The van der Waals surface area contributed by atoms with Crippen LogP contribution >= 0.6 is 12.4 Å². The number of carbonyl (C=O) groups excluding carboxylic acids is 1. The van der Waals surface area contributed by atoms with Crippen molar-refractivity contribution in [2.75, 3.05) is 17.8 Å². The number of nitrogens with zero attached hydrogens (tertiary/aromatic N) is 3. The summed E-state index contributed by atoms with van der Waals surface area (Å²) >= 11 is 0. The predicted octanol–water partition coefficient (Wildman–Crippen LogP) is 1.04. The zero-order chi connectivity index (χ0) is 13.9. The van der Waals surface area contributed by atoms with Crippen LogP contribution in [0.5, 0.6) is 11.5 Å². The molecular formula is C12H14ClN5O3. The molecule has 3 N–H and O–H groups in total. The van der Waals surface area contributed by atoms with Gasteiger partial charge in [0, 0.05) is 24.8 Å². The van der Waals surface area contributed by atoms with Gasteiger partial charge in [0.05, 0.1) is 24.1 Å². The molecule has 0 unspecified atom stereocenters. The second-order valence-electron chi connectivity index (χ2n) is 4.26. The maximum atomic E-state index is 11.9. The van der Waals surface area contributed by atoms with Gasteiger partial charge in [0.15, 0.2) is 11.5 Å². The van der Waals surface area contributed by atoms with Crippen molar-refractivity contribution >= 4 is 29.7 Å². The van der Waals surface area contributed by atoms with E-state index in [0.717, 1.165) is 0 Å². The van der Waals surface area contributed by atoms with E-state index in [1.54, 1.807) is 29.2 Å². The summed E-state index contributed by atoms with van der Waals surface area (Å²) in [5.41, 5.74) is 6.80. The van der Waals surface area contributed by atoms with Gasteiger partial charge in [-0.05, 0) is 0 Å². The van der Waals surface area contributed by atoms with Crippen molar-refractivity contribution in [3.8, 4) is 11.5 Å². The lowest BCUT2D eigenvalue weighted by molar-refractivity contribution is -0.116. The van der Waals surface area contributed by atoms with E-state index in [1.165, 1.54) is 0 Å². The normalized spacial score (nSPS) is 11.8. The molecule has 8 nitrogen and oxygen atoms in total. The minimum absolute atomic E-state index is 0. The summed E-state index contributed by atoms with van der Waals surface area (Å²) in [7, 11) is 0. The molecule has 0 bridgehead atoms. The van der Waals surface area contributed by atoms with Crippen LogP contribution in [-0.2, 0) is 11.3 Å².